The number of aldehydes is 1. The van der Waals surface area contributed by atoms with Crippen LogP contribution in [0.4, 0.5) is 8.78 Å². The molecule has 0 aliphatic carbocycles. The quantitative estimate of drug-likeness (QED) is 0.723. The topological polar surface area (TPSA) is 50.1 Å². The Morgan fingerprint density at radius 2 is 2.25 bits per heavy atom. The fourth-order valence-electron chi connectivity index (χ4n) is 1.28. The molecule has 0 heterocycles. The van der Waals surface area contributed by atoms with Crippen molar-refractivity contribution in [2.45, 2.75) is 19.5 Å². The van der Waals surface area contributed by atoms with Gasteiger partial charge in [0.15, 0.2) is 0 Å². The van der Waals surface area contributed by atoms with Crippen molar-refractivity contribution in [3.05, 3.63) is 29.3 Å². The Balaban J connectivity index is 2.89. The Kier molecular flexibility index (Phi) is 4.40. The summed E-state index contributed by atoms with van der Waals surface area (Å²) in [5.41, 5.74) is 0.923. The monoisotopic (exact) mass is 225 g/mol. The van der Waals surface area contributed by atoms with Crippen molar-refractivity contribution in [2.75, 3.05) is 0 Å². The van der Waals surface area contributed by atoms with Gasteiger partial charge in [0.25, 0.3) is 0 Å². The molecule has 1 rings (SSSR count). The summed E-state index contributed by atoms with van der Waals surface area (Å²) < 4.78 is 28.0. The van der Waals surface area contributed by atoms with Gasteiger partial charge in [-0.25, -0.2) is 0 Å². The first-order chi connectivity index (χ1) is 7.67. The highest BCUT2D eigenvalue weighted by Gasteiger charge is 2.07. The smallest absolute Gasteiger partial charge is 0.387 e. The summed E-state index contributed by atoms with van der Waals surface area (Å²) in [5, 5.41) is 8.40. The maximum absolute atomic E-state index is 11.9. The average molecular weight is 225 g/mol. The Morgan fingerprint density at radius 1 is 1.50 bits per heavy atom. The lowest BCUT2D eigenvalue weighted by molar-refractivity contribution is -0.0498. The lowest BCUT2D eigenvalue weighted by Crippen LogP contribution is -2.03. The number of nitrogens with zero attached hydrogens (tertiary/aromatic N) is 1. The molecule has 0 radical (unpaired) electrons. The Labute approximate surface area is 91.3 Å². The summed E-state index contributed by atoms with van der Waals surface area (Å²) in [6, 6.07) is 6.05. The zero-order valence-corrected chi connectivity index (χ0v) is 8.32. The molecule has 0 aromatic heterocycles. The molecule has 1 aromatic carbocycles. The summed E-state index contributed by atoms with van der Waals surface area (Å²) in [5.74, 6) is -0.0576. The third-order valence-corrected chi connectivity index (χ3v) is 1.98. The van der Waals surface area contributed by atoms with Crippen molar-refractivity contribution in [2.24, 2.45) is 0 Å². The highest BCUT2D eigenvalue weighted by atomic mass is 19.3. The van der Waals surface area contributed by atoms with Crippen LogP contribution in [-0.2, 0) is 6.42 Å². The van der Waals surface area contributed by atoms with Crippen LogP contribution in [0.1, 0.15) is 22.3 Å². The summed E-state index contributed by atoms with van der Waals surface area (Å²) >= 11 is 0. The molecule has 16 heavy (non-hydrogen) atoms. The normalized spacial score (nSPS) is 9.88. The predicted octanol–water partition coefficient (Wildman–Crippen LogP) is 2.56. The van der Waals surface area contributed by atoms with E-state index >= 15 is 0 Å². The van der Waals surface area contributed by atoms with E-state index in [-0.39, 0.29) is 17.7 Å². The molecular formula is C11H9F2NO2. The minimum atomic E-state index is -2.91. The van der Waals surface area contributed by atoms with Gasteiger partial charge in [0.2, 0.25) is 0 Å². The van der Waals surface area contributed by atoms with Crippen LogP contribution < -0.4 is 4.74 Å². The van der Waals surface area contributed by atoms with E-state index in [4.69, 9.17) is 5.26 Å². The first-order valence-electron chi connectivity index (χ1n) is 4.57. The Bertz CT molecular complexity index is 413. The van der Waals surface area contributed by atoms with Gasteiger partial charge in [-0.3, -0.25) is 4.79 Å². The second kappa shape index (κ2) is 5.81. The zero-order chi connectivity index (χ0) is 12.0. The number of ether oxygens (including phenoxy) is 1. The molecule has 0 unspecified atom stereocenters. The van der Waals surface area contributed by atoms with Crippen LogP contribution in [0.25, 0.3) is 0 Å². The molecule has 0 saturated carbocycles. The first-order valence-corrected chi connectivity index (χ1v) is 4.57. The van der Waals surface area contributed by atoms with Crippen molar-refractivity contribution in [1.29, 1.82) is 5.26 Å². The number of alkyl halides is 2. The highest BCUT2D eigenvalue weighted by Crippen LogP contribution is 2.19. The van der Waals surface area contributed by atoms with Crippen molar-refractivity contribution in [1.82, 2.24) is 0 Å². The number of aryl methyl sites for hydroxylation is 1. The van der Waals surface area contributed by atoms with Crippen molar-refractivity contribution >= 4 is 6.29 Å². The van der Waals surface area contributed by atoms with Gasteiger partial charge in [0.05, 0.1) is 6.07 Å². The van der Waals surface area contributed by atoms with Crippen LogP contribution in [0.3, 0.4) is 0 Å². The minimum Gasteiger partial charge on any atom is -0.435 e. The third kappa shape index (κ3) is 3.31. The van der Waals surface area contributed by atoms with Gasteiger partial charge in [0.1, 0.15) is 12.0 Å². The first kappa shape index (κ1) is 12.1. The van der Waals surface area contributed by atoms with Crippen LogP contribution >= 0.6 is 0 Å². The zero-order valence-electron chi connectivity index (χ0n) is 8.32. The molecular weight excluding hydrogens is 216 g/mol. The van der Waals surface area contributed by atoms with Gasteiger partial charge in [-0.2, -0.15) is 14.0 Å². The van der Waals surface area contributed by atoms with Gasteiger partial charge >= 0.3 is 6.61 Å². The van der Waals surface area contributed by atoms with E-state index < -0.39 is 6.61 Å². The number of carbonyl (C=O) groups excluding carboxylic acids is 1. The second-order valence-corrected chi connectivity index (χ2v) is 3.02. The fourth-order valence-corrected chi connectivity index (χ4v) is 1.28. The van der Waals surface area contributed by atoms with Gasteiger partial charge in [-0.1, -0.05) is 6.07 Å². The summed E-state index contributed by atoms with van der Waals surface area (Å²) in [4.78, 5) is 10.7. The molecule has 84 valence electrons. The lowest BCUT2D eigenvalue weighted by Gasteiger charge is -2.07. The molecule has 5 heteroatoms. The summed E-state index contributed by atoms with van der Waals surface area (Å²) in [7, 11) is 0. The fraction of sp³-hybridized carbons (Fsp3) is 0.273. The Morgan fingerprint density at radius 3 is 2.81 bits per heavy atom. The van der Waals surface area contributed by atoms with E-state index in [9.17, 15) is 13.6 Å². The molecule has 0 saturated heterocycles. The largest absolute Gasteiger partial charge is 0.435 e. The van der Waals surface area contributed by atoms with E-state index in [1.807, 2.05) is 6.07 Å². The third-order valence-electron chi connectivity index (χ3n) is 1.98. The van der Waals surface area contributed by atoms with E-state index in [2.05, 4.69) is 4.74 Å². The molecule has 0 bridgehead atoms. The van der Waals surface area contributed by atoms with Crippen molar-refractivity contribution in [3.8, 4) is 11.8 Å². The van der Waals surface area contributed by atoms with Gasteiger partial charge in [-0.05, 0) is 24.1 Å². The molecule has 0 aliphatic heterocycles. The SMILES string of the molecule is N#CCCc1ccc(OC(F)F)cc1C=O. The van der Waals surface area contributed by atoms with Crippen LogP contribution in [0.5, 0.6) is 5.75 Å². The number of halogens is 2. The molecule has 0 atom stereocenters. The standard InChI is InChI=1S/C11H9F2NO2/c12-11(13)16-10-4-3-8(2-1-5-14)9(6-10)7-15/h3-4,6-7,11H,1-2H2. The van der Waals surface area contributed by atoms with E-state index in [1.165, 1.54) is 18.2 Å². The van der Waals surface area contributed by atoms with Crippen LogP contribution in [0, 0.1) is 11.3 Å². The minimum absolute atomic E-state index is 0.0576. The number of nitriles is 1. The summed E-state index contributed by atoms with van der Waals surface area (Å²) in [6.45, 7) is -2.91. The summed E-state index contributed by atoms with van der Waals surface area (Å²) in [6.07, 6.45) is 1.25. The van der Waals surface area contributed by atoms with Crippen LogP contribution in [-0.4, -0.2) is 12.9 Å². The Hall–Kier alpha value is -1.96. The van der Waals surface area contributed by atoms with Gasteiger partial charge in [0, 0.05) is 12.0 Å². The molecule has 0 spiro atoms. The molecule has 0 amide bonds. The number of benzene rings is 1. The number of carbonyl (C=O) groups is 1. The predicted molar refractivity (Wildman–Crippen MR) is 52.4 cm³/mol. The number of hydrogen-bond donors (Lipinski definition) is 0. The van der Waals surface area contributed by atoms with Crippen molar-refractivity contribution < 1.29 is 18.3 Å². The number of rotatable bonds is 5. The van der Waals surface area contributed by atoms with Gasteiger partial charge < -0.3 is 4.74 Å². The maximum atomic E-state index is 11.9. The number of hydrogen-bond acceptors (Lipinski definition) is 3. The highest BCUT2D eigenvalue weighted by molar-refractivity contribution is 5.78. The second-order valence-electron chi connectivity index (χ2n) is 3.02. The van der Waals surface area contributed by atoms with E-state index in [0.29, 0.717) is 18.3 Å². The van der Waals surface area contributed by atoms with Crippen LogP contribution in [0.15, 0.2) is 18.2 Å². The molecule has 0 fully saturated rings. The van der Waals surface area contributed by atoms with Crippen molar-refractivity contribution in [3.63, 3.8) is 0 Å². The van der Waals surface area contributed by atoms with Gasteiger partial charge in [-0.15, -0.1) is 0 Å². The molecule has 0 aliphatic rings. The van der Waals surface area contributed by atoms with Crippen LogP contribution in [0.2, 0.25) is 0 Å². The average Bonchev–Trinajstić information content (AvgIpc) is 2.26. The molecule has 0 N–H and O–H groups in total. The molecule has 1 aromatic rings. The van der Waals surface area contributed by atoms with E-state index in [1.54, 1.807) is 0 Å². The van der Waals surface area contributed by atoms with E-state index in [0.717, 1.165) is 0 Å². The maximum Gasteiger partial charge on any atom is 0.387 e. The lowest BCUT2D eigenvalue weighted by atomic mass is 10.0. The molecule has 3 nitrogen and oxygen atoms in total.